The third-order valence-corrected chi connectivity index (χ3v) is 8.37. The summed E-state index contributed by atoms with van der Waals surface area (Å²) < 4.78 is 27.1. The maximum atomic E-state index is 13.0. The minimum Gasteiger partial charge on any atom is -0.494 e. The van der Waals surface area contributed by atoms with E-state index in [0.717, 1.165) is 51.4 Å². The largest absolute Gasteiger partial charge is 0.494 e. The molecule has 0 fully saturated rings. The summed E-state index contributed by atoms with van der Waals surface area (Å²) in [5.74, 6) is 0.260. The molecule has 8 nitrogen and oxygen atoms in total. The molecule has 8 heteroatoms. The number of hydrogen-bond donors (Lipinski definition) is 0. The van der Waals surface area contributed by atoms with Crippen LogP contribution in [0.15, 0.2) is 48.5 Å². The van der Waals surface area contributed by atoms with E-state index in [2.05, 4.69) is 46.3 Å². The average molecular weight is 653 g/mol. The van der Waals surface area contributed by atoms with Crippen LogP contribution in [0.2, 0.25) is 0 Å². The first kappa shape index (κ1) is 39.4. The van der Waals surface area contributed by atoms with Crippen LogP contribution in [0.5, 0.6) is 17.2 Å². The first-order valence-electron chi connectivity index (χ1n) is 16.7. The lowest BCUT2D eigenvalue weighted by Gasteiger charge is -2.43. The molecule has 1 atom stereocenters. The van der Waals surface area contributed by atoms with Gasteiger partial charge in [-0.2, -0.15) is 0 Å². The predicted octanol–water partition coefficient (Wildman–Crippen LogP) is 9.24. The van der Waals surface area contributed by atoms with Gasteiger partial charge in [0.15, 0.2) is 11.5 Å². The van der Waals surface area contributed by atoms with Gasteiger partial charge < -0.3 is 23.7 Å². The van der Waals surface area contributed by atoms with E-state index in [0.29, 0.717) is 35.8 Å². The molecule has 0 aromatic heterocycles. The summed E-state index contributed by atoms with van der Waals surface area (Å²) in [4.78, 5) is 37.1. The van der Waals surface area contributed by atoms with Gasteiger partial charge in [0.1, 0.15) is 5.75 Å². The molecule has 1 unspecified atom stereocenters. The second kappa shape index (κ2) is 18.5. The van der Waals surface area contributed by atoms with Crippen molar-refractivity contribution in [3.05, 3.63) is 59.7 Å². The Labute approximate surface area is 282 Å². The smallest absolute Gasteiger partial charge is 0.343 e. The van der Waals surface area contributed by atoms with E-state index in [1.54, 1.807) is 48.5 Å². The number of unbranched alkanes of at least 4 members (excludes halogenated alkanes) is 6. The van der Waals surface area contributed by atoms with Gasteiger partial charge >= 0.3 is 17.9 Å². The van der Waals surface area contributed by atoms with Crippen molar-refractivity contribution in [1.82, 2.24) is 0 Å². The Hall–Kier alpha value is -3.81. The van der Waals surface area contributed by atoms with E-state index in [1.165, 1.54) is 20.3 Å². The van der Waals surface area contributed by atoms with Crippen LogP contribution in [0.3, 0.4) is 0 Å². The normalized spacial score (nSPS) is 13.1. The molecule has 0 spiro atoms. The standard InChI is InChI=1S/C39H56O8/c1-37(2,3)28-39(7,38(4,5)6)36(42)46-26-16-14-12-10-11-13-15-25-45-31-21-19-30(20-22-31)35(41)47-32-23-17-29(27-33(32)43-8)18-24-34(40)44-9/h17-24,27H,10-16,25-26,28H2,1-9H3. The number of rotatable bonds is 18. The summed E-state index contributed by atoms with van der Waals surface area (Å²) in [6.45, 7) is 16.0. The minimum absolute atomic E-state index is 0.0477. The van der Waals surface area contributed by atoms with E-state index in [1.807, 2.05) is 6.92 Å². The number of ether oxygens (including phenoxy) is 5. The Kier molecular flexibility index (Phi) is 15.5. The molecule has 260 valence electrons. The summed E-state index contributed by atoms with van der Waals surface area (Å²) in [5, 5.41) is 0. The monoisotopic (exact) mass is 652 g/mol. The number of carbonyl (C=O) groups excluding carboxylic acids is 3. The summed E-state index contributed by atoms with van der Waals surface area (Å²) in [5.41, 5.74) is 0.441. The predicted molar refractivity (Wildman–Crippen MR) is 186 cm³/mol. The number of hydrogen-bond acceptors (Lipinski definition) is 8. The lowest BCUT2D eigenvalue weighted by atomic mass is 9.61. The van der Waals surface area contributed by atoms with E-state index in [-0.39, 0.29) is 22.5 Å². The summed E-state index contributed by atoms with van der Waals surface area (Å²) in [7, 11) is 2.78. The Balaban J connectivity index is 1.64. The highest BCUT2D eigenvalue weighted by Crippen LogP contribution is 2.47. The fraction of sp³-hybridized carbons (Fsp3) is 0.564. The van der Waals surface area contributed by atoms with Gasteiger partial charge in [0.2, 0.25) is 0 Å². The van der Waals surface area contributed by atoms with Crippen LogP contribution in [-0.2, 0) is 19.1 Å². The van der Waals surface area contributed by atoms with Gasteiger partial charge in [-0.3, -0.25) is 4.79 Å². The summed E-state index contributed by atoms with van der Waals surface area (Å²) in [6, 6.07) is 11.8. The molecule has 0 heterocycles. The third kappa shape index (κ3) is 13.4. The molecule has 2 aromatic rings. The summed E-state index contributed by atoms with van der Waals surface area (Å²) >= 11 is 0. The van der Waals surface area contributed by atoms with Crippen LogP contribution in [0.25, 0.3) is 6.08 Å². The second-order valence-corrected chi connectivity index (χ2v) is 14.5. The fourth-order valence-corrected chi connectivity index (χ4v) is 5.26. The SMILES string of the molecule is COC(=O)C=Cc1ccc(OC(=O)c2ccc(OCCCCCCCCCOC(=O)C(C)(CC(C)(C)C)C(C)(C)C)cc2)c(OC)c1. The molecule has 47 heavy (non-hydrogen) atoms. The first-order valence-corrected chi connectivity index (χ1v) is 16.7. The van der Waals surface area contributed by atoms with Crippen molar-refractivity contribution < 1.29 is 38.1 Å². The molecule has 0 N–H and O–H groups in total. The topological polar surface area (TPSA) is 97.4 Å². The van der Waals surface area contributed by atoms with Crippen molar-refractivity contribution in [2.75, 3.05) is 27.4 Å². The lowest BCUT2D eigenvalue weighted by molar-refractivity contribution is -0.165. The van der Waals surface area contributed by atoms with Crippen LogP contribution in [-0.4, -0.2) is 45.3 Å². The molecule has 2 aromatic carbocycles. The molecule has 0 saturated carbocycles. The maximum absolute atomic E-state index is 13.0. The fourth-order valence-electron chi connectivity index (χ4n) is 5.26. The van der Waals surface area contributed by atoms with Crippen LogP contribution in [0.1, 0.15) is 116 Å². The zero-order chi connectivity index (χ0) is 35.1. The van der Waals surface area contributed by atoms with Gasteiger partial charge in [0.25, 0.3) is 0 Å². The van der Waals surface area contributed by atoms with Crippen LogP contribution >= 0.6 is 0 Å². The number of esters is 3. The second-order valence-electron chi connectivity index (χ2n) is 14.5. The van der Waals surface area contributed by atoms with Gasteiger partial charge in [-0.25, -0.2) is 9.59 Å². The van der Waals surface area contributed by atoms with Crippen molar-refractivity contribution in [2.24, 2.45) is 16.2 Å². The minimum atomic E-state index is -0.519. The van der Waals surface area contributed by atoms with Crippen molar-refractivity contribution in [3.8, 4) is 17.2 Å². The molecule has 0 amide bonds. The van der Waals surface area contributed by atoms with Gasteiger partial charge in [-0.05, 0) is 85.1 Å². The highest BCUT2D eigenvalue weighted by molar-refractivity contribution is 5.91. The molecule has 0 aliphatic carbocycles. The zero-order valence-electron chi connectivity index (χ0n) is 30.0. The molecule has 0 aliphatic heterocycles. The molecule has 0 aliphatic rings. The molecule has 0 saturated heterocycles. The molecule has 0 radical (unpaired) electrons. The van der Waals surface area contributed by atoms with Gasteiger partial charge in [-0.15, -0.1) is 0 Å². The number of methoxy groups -OCH3 is 2. The van der Waals surface area contributed by atoms with Gasteiger partial charge in [0, 0.05) is 6.08 Å². The Morgan fingerprint density at radius 2 is 1.32 bits per heavy atom. The lowest BCUT2D eigenvalue weighted by Crippen LogP contribution is -2.44. The highest BCUT2D eigenvalue weighted by atomic mass is 16.6. The zero-order valence-corrected chi connectivity index (χ0v) is 30.0. The third-order valence-electron chi connectivity index (χ3n) is 8.37. The molecular weight excluding hydrogens is 596 g/mol. The van der Waals surface area contributed by atoms with E-state index >= 15 is 0 Å². The molecule has 0 bridgehead atoms. The van der Waals surface area contributed by atoms with Gasteiger partial charge in [0.05, 0.1) is 38.4 Å². The van der Waals surface area contributed by atoms with Crippen LogP contribution in [0.4, 0.5) is 0 Å². The van der Waals surface area contributed by atoms with Gasteiger partial charge in [-0.1, -0.05) is 79.7 Å². The van der Waals surface area contributed by atoms with Crippen LogP contribution in [0, 0.1) is 16.2 Å². The van der Waals surface area contributed by atoms with Crippen LogP contribution < -0.4 is 14.2 Å². The Bertz CT molecular complexity index is 1310. The summed E-state index contributed by atoms with van der Waals surface area (Å²) in [6.07, 6.45) is 11.0. The highest BCUT2D eigenvalue weighted by Gasteiger charge is 2.47. The quantitative estimate of drug-likeness (QED) is 0.0680. The first-order chi connectivity index (χ1) is 22.1. The Morgan fingerprint density at radius 1 is 0.723 bits per heavy atom. The number of benzene rings is 2. The van der Waals surface area contributed by atoms with Crippen molar-refractivity contribution in [3.63, 3.8) is 0 Å². The average Bonchev–Trinajstić information content (AvgIpc) is 3.01. The van der Waals surface area contributed by atoms with E-state index in [4.69, 9.17) is 18.9 Å². The van der Waals surface area contributed by atoms with Crippen molar-refractivity contribution in [1.29, 1.82) is 0 Å². The van der Waals surface area contributed by atoms with E-state index in [9.17, 15) is 14.4 Å². The maximum Gasteiger partial charge on any atom is 0.343 e. The van der Waals surface area contributed by atoms with Crippen molar-refractivity contribution >= 4 is 24.0 Å². The Morgan fingerprint density at radius 3 is 1.87 bits per heavy atom. The molecular formula is C39H56O8. The van der Waals surface area contributed by atoms with E-state index < -0.39 is 17.4 Å². The molecule has 2 rings (SSSR count). The van der Waals surface area contributed by atoms with Crippen molar-refractivity contribution in [2.45, 2.75) is 99.8 Å². The number of carbonyl (C=O) groups is 3.